The van der Waals surface area contributed by atoms with Crippen molar-refractivity contribution in [3.05, 3.63) is 17.0 Å². The third kappa shape index (κ3) is 1.31. The first-order valence-electron chi connectivity index (χ1n) is 5.06. The first kappa shape index (κ1) is 9.24. The molecule has 0 saturated heterocycles. The van der Waals surface area contributed by atoms with Crippen molar-refractivity contribution in [2.45, 2.75) is 39.2 Å². The molecule has 4 nitrogen and oxygen atoms in total. The van der Waals surface area contributed by atoms with Crippen LogP contribution in [0.2, 0.25) is 0 Å². The number of aromatic nitrogens is 2. The summed E-state index contributed by atoms with van der Waals surface area (Å²) in [6.07, 6.45) is 4.08. The summed E-state index contributed by atoms with van der Waals surface area (Å²) in [7, 11) is 0. The predicted octanol–water partition coefficient (Wildman–Crippen LogP) is 1.48. The molecule has 0 saturated carbocycles. The molecular formula is C10H14N2O2. The van der Waals surface area contributed by atoms with Gasteiger partial charge < -0.3 is 5.11 Å². The molecule has 2 rings (SSSR count). The van der Waals surface area contributed by atoms with Gasteiger partial charge in [-0.05, 0) is 32.6 Å². The van der Waals surface area contributed by atoms with Crippen molar-refractivity contribution >= 4 is 5.97 Å². The summed E-state index contributed by atoms with van der Waals surface area (Å²) in [5.41, 5.74) is 2.36. The maximum atomic E-state index is 10.9. The van der Waals surface area contributed by atoms with Crippen LogP contribution in [0.5, 0.6) is 0 Å². The van der Waals surface area contributed by atoms with E-state index in [0.29, 0.717) is 0 Å². The lowest BCUT2D eigenvalue weighted by Gasteiger charge is -2.12. The standard InChI is InChI=1S/C10H14N2O2/c1-2-12-8-6-4-3-5-7(8)9(11-12)10(13)14/h2-6H2,1H3,(H,13,14). The van der Waals surface area contributed by atoms with Crippen LogP contribution in [-0.2, 0) is 19.4 Å². The lowest BCUT2D eigenvalue weighted by atomic mass is 9.96. The molecule has 0 bridgehead atoms. The third-order valence-corrected chi connectivity index (χ3v) is 2.76. The van der Waals surface area contributed by atoms with Gasteiger partial charge in [0.25, 0.3) is 0 Å². The fourth-order valence-electron chi connectivity index (χ4n) is 2.10. The fraction of sp³-hybridized carbons (Fsp3) is 0.600. The summed E-state index contributed by atoms with van der Waals surface area (Å²) >= 11 is 0. The van der Waals surface area contributed by atoms with Crippen molar-refractivity contribution in [1.29, 1.82) is 0 Å². The van der Waals surface area contributed by atoms with Crippen LogP contribution in [0.3, 0.4) is 0 Å². The number of nitrogens with zero attached hydrogens (tertiary/aromatic N) is 2. The van der Waals surface area contributed by atoms with E-state index in [2.05, 4.69) is 5.10 Å². The van der Waals surface area contributed by atoms with Gasteiger partial charge in [0.2, 0.25) is 0 Å². The Morgan fingerprint density at radius 2 is 2.21 bits per heavy atom. The van der Waals surface area contributed by atoms with Crippen LogP contribution in [0.4, 0.5) is 0 Å². The van der Waals surface area contributed by atoms with Gasteiger partial charge in [-0.2, -0.15) is 5.10 Å². The van der Waals surface area contributed by atoms with Crippen LogP contribution in [0.15, 0.2) is 0 Å². The topological polar surface area (TPSA) is 55.1 Å². The number of carboxylic acid groups (broad SMARTS) is 1. The number of rotatable bonds is 2. The van der Waals surface area contributed by atoms with Gasteiger partial charge in [-0.15, -0.1) is 0 Å². The lowest BCUT2D eigenvalue weighted by molar-refractivity contribution is 0.0688. The van der Waals surface area contributed by atoms with Crippen molar-refractivity contribution in [3.63, 3.8) is 0 Å². The van der Waals surface area contributed by atoms with Gasteiger partial charge in [0.1, 0.15) is 0 Å². The van der Waals surface area contributed by atoms with Crippen LogP contribution in [-0.4, -0.2) is 20.9 Å². The van der Waals surface area contributed by atoms with Crippen LogP contribution in [0.25, 0.3) is 0 Å². The van der Waals surface area contributed by atoms with E-state index >= 15 is 0 Å². The highest BCUT2D eigenvalue weighted by Gasteiger charge is 2.23. The molecule has 0 unspecified atom stereocenters. The van der Waals surface area contributed by atoms with Gasteiger partial charge >= 0.3 is 5.97 Å². The zero-order valence-corrected chi connectivity index (χ0v) is 8.29. The molecule has 0 atom stereocenters. The molecule has 1 aliphatic rings. The van der Waals surface area contributed by atoms with Crippen LogP contribution in [0.1, 0.15) is 41.5 Å². The number of hydrogen-bond donors (Lipinski definition) is 1. The zero-order valence-electron chi connectivity index (χ0n) is 8.29. The van der Waals surface area contributed by atoms with Crippen molar-refractivity contribution in [2.75, 3.05) is 0 Å². The van der Waals surface area contributed by atoms with E-state index in [1.807, 2.05) is 11.6 Å². The lowest BCUT2D eigenvalue weighted by Crippen LogP contribution is -2.08. The van der Waals surface area contributed by atoms with Gasteiger partial charge in [0.05, 0.1) is 0 Å². The van der Waals surface area contributed by atoms with Gasteiger partial charge in [0, 0.05) is 17.8 Å². The zero-order chi connectivity index (χ0) is 10.1. The highest BCUT2D eigenvalue weighted by Crippen LogP contribution is 2.24. The molecule has 1 aliphatic carbocycles. The van der Waals surface area contributed by atoms with Crippen molar-refractivity contribution in [2.24, 2.45) is 0 Å². The molecule has 0 amide bonds. The summed E-state index contributed by atoms with van der Waals surface area (Å²) in [5, 5.41) is 13.1. The second kappa shape index (κ2) is 3.44. The molecule has 0 radical (unpaired) electrons. The maximum absolute atomic E-state index is 10.9. The van der Waals surface area contributed by atoms with E-state index in [9.17, 15) is 4.79 Å². The van der Waals surface area contributed by atoms with E-state index in [-0.39, 0.29) is 5.69 Å². The molecule has 0 aromatic carbocycles. The van der Waals surface area contributed by atoms with Crippen LogP contribution >= 0.6 is 0 Å². The summed E-state index contributed by atoms with van der Waals surface area (Å²) in [6, 6.07) is 0. The Hall–Kier alpha value is -1.32. The Morgan fingerprint density at radius 3 is 2.86 bits per heavy atom. The second-order valence-electron chi connectivity index (χ2n) is 3.60. The summed E-state index contributed by atoms with van der Waals surface area (Å²) in [5.74, 6) is -0.893. The largest absolute Gasteiger partial charge is 0.476 e. The monoisotopic (exact) mass is 194 g/mol. The third-order valence-electron chi connectivity index (χ3n) is 2.76. The molecule has 1 aromatic rings. The maximum Gasteiger partial charge on any atom is 0.356 e. The highest BCUT2D eigenvalue weighted by atomic mass is 16.4. The van der Waals surface area contributed by atoms with Gasteiger partial charge in [0.15, 0.2) is 5.69 Å². The normalized spacial score (nSPS) is 15.2. The average molecular weight is 194 g/mol. The quantitative estimate of drug-likeness (QED) is 0.775. The van der Waals surface area contributed by atoms with Crippen molar-refractivity contribution in [1.82, 2.24) is 9.78 Å². The Bertz CT molecular complexity index is 368. The van der Waals surface area contributed by atoms with E-state index in [0.717, 1.165) is 43.5 Å². The molecule has 1 aromatic heterocycles. The van der Waals surface area contributed by atoms with Gasteiger partial charge in [-0.3, -0.25) is 4.68 Å². The molecule has 4 heteroatoms. The Balaban J connectivity index is 2.52. The molecule has 14 heavy (non-hydrogen) atoms. The summed E-state index contributed by atoms with van der Waals surface area (Å²) in [4.78, 5) is 10.9. The van der Waals surface area contributed by atoms with E-state index < -0.39 is 5.97 Å². The highest BCUT2D eigenvalue weighted by molar-refractivity contribution is 5.87. The smallest absolute Gasteiger partial charge is 0.356 e. The number of fused-ring (bicyclic) bond motifs is 1. The Morgan fingerprint density at radius 1 is 1.50 bits per heavy atom. The van der Waals surface area contributed by atoms with Gasteiger partial charge in [-0.1, -0.05) is 0 Å². The molecule has 0 fully saturated rings. The summed E-state index contributed by atoms with van der Waals surface area (Å²) in [6.45, 7) is 2.75. The molecule has 1 N–H and O–H groups in total. The average Bonchev–Trinajstić information content (AvgIpc) is 2.56. The number of aryl methyl sites for hydroxylation is 1. The molecule has 76 valence electrons. The number of carboxylic acids is 1. The predicted molar refractivity (Wildman–Crippen MR) is 51.5 cm³/mol. The summed E-state index contributed by atoms with van der Waals surface area (Å²) < 4.78 is 1.83. The fourth-order valence-corrected chi connectivity index (χ4v) is 2.10. The Labute approximate surface area is 82.5 Å². The molecule has 1 heterocycles. The SMILES string of the molecule is CCn1nc(C(=O)O)c2c1CCCC2. The number of carbonyl (C=O) groups is 1. The minimum absolute atomic E-state index is 0.265. The molecule has 0 spiro atoms. The number of hydrogen-bond acceptors (Lipinski definition) is 2. The first-order chi connectivity index (χ1) is 6.74. The van der Waals surface area contributed by atoms with Crippen molar-refractivity contribution < 1.29 is 9.90 Å². The van der Waals surface area contributed by atoms with Crippen LogP contribution < -0.4 is 0 Å². The molecular weight excluding hydrogens is 180 g/mol. The minimum atomic E-state index is -0.893. The minimum Gasteiger partial charge on any atom is -0.476 e. The van der Waals surface area contributed by atoms with Gasteiger partial charge in [-0.25, -0.2) is 4.79 Å². The van der Waals surface area contributed by atoms with Crippen molar-refractivity contribution in [3.8, 4) is 0 Å². The number of aromatic carboxylic acids is 1. The Kier molecular flexibility index (Phi) is 2.27. The van der Waals surface area contributed by atoms with E-state index in [1.54, 1.807) is 0 Å². The first-order valence-corrected chi connectivity index (χ1v) is 5.06. The van der Waals surface area contributed by atoms with E-state index in [1.165, 1.54) is 0 Å². The molecule has 0 aliphatic heterocycles. The van der Waals surface area contributed by atoms with Crippen LogP contribution in [0, 0.1) is 0 Å². The second-order valence-corrected chi connectivity index (χ2v) is 3.60. The van der Waals surface area contributed by atoms with E-state index in [4.69, 9.17) is 5.11 Å².